The molecular weight excluding hydrogens is 267 g/mol. The Hall–Kier alpha value is -1.06. The maximum Gasteiger partial charge on any atom is 0.0711 e. The van der Waals surface area contributed by atoms with Gasteiger partial charge in [-0.3, -0.25) is 5.84 Å². The largest absolute Gasteiger partial charge is 0.271 e. The van der Waals surface area contributed by atoms with E-state index in [0.29, 0.717) is 10.0 Å². The summed E-state index contributed by atoms with van der Waals surface area (Å²) in [6.07, 6.45) is 0. The second-order valence-electron chi connectivity index (χ2n) is 4.22. The third kappa shape index (κ3) is 3.03. The number of hydrazine groups is 1. The van der Waals surface area contributed by atoms with E-state index in [9.17, 15) is 0 Å². The molecule has 0 heterocycles. The quantitative estimate of drug-likeness (QED) is 0.662. The van der Waals surface area contributed by atoms with E-state index in [2.05, 4.69) is 11.5 Å². The lowest BCUT2D eigenvalue weighted by Crippen LogP contribution is -2.28. The molecule has 94 valence electrons. The van der Waals surface area contributed by atoms with Crippen LogP contribution in [0.5, 0.6) is 0 Å². The van der Waals surface area contributed by atoms with E-state index >= 15 is 0 Å². The third-order valence-corrected chi connectivity index (χ3v) is 3.20. The van der Waals surface area contributed by atoms with Crippen LogP contribution in [0.15, 0.2) is 42.5 Å². The lowest BCUT2D eigenvalue weighted by atomic mass is 9.98. The molecule has 1 atom stereocenters. The number of hydrogen-bond donors (Lipinski definition) is 2. The van der Waals surface area contributed by atoms with Crippen molar-refractivity contribution in [2.75, 3.05) is 0 Å². The highest BCUT2D eigenvalue weighted by Gasteiger charge is 2.13. The zero-order valence-electron chi connectivity index (χ0n) is 9.95. The molecule has 0 fully saturated rings. The van der Waals surface area contributed by atoms with Gasteiger partial charge in [0.2, 0.25) is 0 Å². The minimum Gasteiger partial charge on any atom is -0.271 e. The van der Waals surface area contributed by atoms with Crippen molar-refractivity contribution >= 4 is 23.2 Å². The van der Waals surface area contributed by atoms with Gasteiger partial charge in [0.1, 0.15) is 0 Å². The number of hydrogen-bond acceptors (Lipinski definition) is 2. The molecule has 4 heteroatoms. The number of halogens is 2. The average Bonchev–Trinajstić information content (AvgIpc) is 2.28. The maximum absolute atomic E-state index is 6.02. The predicted octanol–water partition coefficient (Wildman–Crippen LogP) is 3.85. The van der Waals surface area contributed by atoms with Crippen LogP contribution in [0.2, 0.25) is 10.0 Å². The van der Waals surface area contributed by atoms with E-state index < -0.39 is 0 Å². The van der Waals surface area contributed by atoms with Crippen molar-refractivity contribution < 1.29 is 0 Å². The van der Waals surface area contributed by atoms with Crippen LogP contribution in [-0.2, 0) is 0 Å². The lowest BCUT2D eigenvalue weighted by molar-refractivity contribution is 0.636. The number of benzene rings is 2. The van der Waals surface area contributed by atoms with Gasteiger partial charge >= 0.3 is 0 Å². The highest BCUT2D eigenvalue weighted by Crippen LogP contribution is 2.27. The molecule has 0 aromatic heterocycles. The maximum atomic E-state index is 6.02. The third-order valence-electron chi connectivity index (χ3n) is 2.76. The molecular formula is C14H14Cl2N2. The molecule has 2 rings (SSSR count). The molecule has 0 spiro atoms. The molecule has 0 radical (unpaired) electrons. The highest BCUT2D eigenvalue weighted by atomic mass is 35.5. The van der Waals surface area contributed by atoms with Gasteiger partial charge in [-0.25, -0.2) is 5.43 Å². The Morgan fingerprint density at radius 1 is 1.00 bits per heavy atom. The SMILES string of the molecule is Cc1cccc(C(NN)c2cc(Cl)cc(Cl)c2)c1. The van der Waals surface area contributed by atoms with Gasteiger partial charge in [-0.2, -0.15) is 0 Å². The molecule has 18 heavy (non-hydrogen) atoms. The Morgan fingerprint density at radius 3 is 2.22 bits per heavy atom. The molecule has 3 N–H and O–H groups in total. The van der Waals surface area contributed by atoms with Crippen molar-refractivity contribution in [1.82, 2.24) is 5.43 Å². The molecule has 0 saturated heterocycles. The van der Waals surface area contributed by atoms with Gasteiger partial charge in [0.15, 0.2) is 0 Å². The van der Waals surface area contributed by atoms with Gasteiger partial charge in [-0.15, -0.1) is 0 Å². The zero-order valence-corrected chi connectivity index (χ0v) is 11.5. The monoisotopic (exact) mass is 280 g/mol. The summed E-state index contributed by atoms with van der Waals surface area (Å²) in [7, 11) is 0. The molecule has 0 saturated carbocycles. The van der Waals surface area contributed by atoms with Crippen molar-refractivity contribution in [2.24, 2.45) is 5.84 Å². The van der Waals surface area contributed by atoms with Crippen molar-refractivity contribution in [2.45, 2.75) is 13.0 Å². The first-order valence-corrected chi connectivity index (χ1v) is 6.34. The summed E-state index contributed by atoms with van der Waals surface area (Å²) in [5.41, 5.74) is 6.00. The molecule has 0 aliphatic rings. The Bertz CT molecular complexity index is 535. The van der Waals surface area contributed by atoms with Crippen LogP contribution in [-0.4, -0.2) is 0 Å². The van der Waals surface area contributed by atoms with Gasteiger partial charge in [-0.05, 0) is 36.2 Å². The normalized spacial score (nSPS) is 12.4. The average molecular weight is 281 g/mol. The summed E-state index contributed by atoms with van der Waals surface area (Å²) in [4.78, 5) is 0. The van der Waals surface area contributed by atoms with Crippen molar-refractivity contribution in [3.63, 3.8) is 0 Å². The first-order chi connectivity index (χ1) is 8.60. The van der Waals surface area contributed by atoms with Gasteiger partial charge in [0.05, 0.1) is 6.04 Å². The number of rotatable bonds is 3. The summed E-state index contributed by atoms with van der Waals surface area (Å²) < 4.78 is 0. The molecule has 2 aromatic carbocycles. The smallest absolute Gasteiger partial charge is 0.0711 e. The van der Waals surface area contributed by atoms with E-state index in [4.69, 9.17) is 29.0 Å². The molecule has 1 unspecified atom stereocenters. The summed E-state index contributed by atoms with van der Waals surface area (Å²) in [5, 5.41) is 1.20. The van der Waals surface area contributed by atoms with E-state index in [1.54, 1.807) is 6.07 Å². The van der Waals surface area contributed by atoms with Gasteiger partial charge in [0, 0.05) is 10.0 Å². The van der Waals surface area contributed by atoms with E-state index in [1.165, 1.54) is 5.56 Å². The van der Waals surface area contributed by atoms with E-state index in [-0.39, 0.29) is 6.04 Å². The standard InChI is InChI=1S/C14H14Cl2N2/c1-9-3-2-4-10(5-9)14(18-17)11-6-12(15)8-13(16)7-11/h2-8,14,18H,17H2,1H3. The summed E-state index contributed by atoms with van der Waals surface area (Å²) >= 11 is 12.0. The summed E-state index contributed by atoms with van der Waals surface area (Å²) in [6, 6.07) is 13.5. The minimum absolute atomic E-state index is 0.124. The van der Waals surface area contributed by atoms with E-state index in [1.807, 2.05) is 37.3 Å². The zero-order chi connectivity index (χ0) is 13.1. The second kappa shape index (κ2) is 5.72. The highest BCUT2D eigenvalue weighted by molar-refractivity contribution is 6.34. The first-order valence-electron chi connectivity index (χ1n) is 5.59. The van der Waals surface area contributed by atoms with E-state index in [0.717, 1.165) is 11.1 Å². The summed E-state index contributed by atoms with van der Waals surface area (Å²) in [5.74, 6) is 5.65. The predicted molar refractivity (Wildman–Crippen MR) is 76.8 cm³/mol. The number of nitrogens with two attached hydrogens (primary N) is 1. The minimum atomic E-state index is -0.124. The Morgan fingerprint density at radius 2 is 1.67 bits per heavy atom. The molecule has 2 aromatic rings. The molecule has 0 bridgehead atoms. The van der Waals surface area contributed by atoms with Crippen LogP contribution in [0.25, 0.3) is 0 Å². The van der Waals surface area contributed by atoms with Gasteiger partial charge in [0.25, 0.3) is 0 Å². The Kier molecular flexibility index (Phi) is 4.25. The van der Waals surface area contributed by atoms with Crippen LogP contribution in [0.1, 0.15) is 22.7 Å². The van der Waals surface area contributed by atoms with Crippen LogP contribution in [0.3, 0.4) is 0 Å². The Labute approximate surface area is 117 Å². The Balaban J connectivity index is 2.45. The fourth-order valence-corrected chi connectivity index (χ4v) is 2.52. The molecule has 0 aliphatic carbocycles. The lowest BCUT2D eigenvalue weighted by Gasteiger charge is -2.18. The van der Waals surface area contributed by atoms with Gasteiger partial charge < -0.3 is 0 Å². The van der Waals surface area contributed by atoms with Crippen molar-refractivity contribution in [3.8, 4) is 0 Å². The number of aryl methyl sites for hydroxylation is 1. The number of nitrogens with one attached hydrogen (secondary N) is 1. The van der Waals surface area contributed by atoms with Gasteiger partial charge in [-0.1, -0.05) is 53.0 Å². The van der Waals surface area contributed by atoms with Crippen LogP contribution >= 0.6 is 23.2 Å². The second-order valence-corrected chi connectivity index (χ2v) is 5.09. The molecule has 0 aliphatic heterocycles. The van der Waals surface area contributed by atoms with Crippen LogP contribution in [0.4, 0.5) is 0 Å². The van der Waals surface area contributed by atoms with Crippen LogP contribution in [0, 0.1) is 6.92 Å². The van der Waals surface area contributed by atoms with Crippen molar-refractivity contribution in [3.05, 3.63) is 69.2 Å². The van der Waals surface area contributed by atoms with Crippen LogP contribution < -0.4 is 11.3 Å². The fraction of sp³-hybridized carbons (Fsp3) is 0.143. The summed E-state index contributed by atoms with van der Waals surface area (Å²) in [6.45, 7) is 2.04. The first kappa shape index (κ1) is 13.4. The van der Waals surface area contributed by atoms with Crippen molar-refractivity contribution in [1.29, 1.82) is 0 Å². The fourth-order valence-electron chi connectivity index (χ4n) is 1.98. The molecule has 0 amide bonds. The molecule has 2 nitrogen and oxygen atoms in total. The topological polar surface area (TPSA) is 38.0 Å².